The molecular weight excluding hydrogens is 296 g/mol. The number of nitrogens with zero attached hydrogens (tertiary/aromatic N) is 1. The molecule has 0 unspecified atom stereocenters. The molecule has 4 heteroatoms. The topological polar surface area (TPSA) is 39.3 Å². The van der Waals surface area contributed by atoms with Crippen molar-refractivity contribution >= 4 is 0 Å². The Morgan fingerprint density at radius 2 is 1.12 bits per heavy atom. The van der Waals surface area contributed by atoms with Crippen LogP contribution in [-0.2, 0) is 0 Å². The van der Waals surface area contributed by atoms with Crippen LogP contribution < -0.4 is 16.0 Å². The molecule has 4 fully saturated rings. The molecule has 24 heavy (non-hydrogen) atoms. The first kappa shape index (κ1) is 20.2. The predicted octanol–water partition coefficient (Wildman–Crippen LogP) is 2.46. The van der Waals surface area contributed by atoms with Crippen LogP contribution in [0.25, 0.3) is 0 Å². The minimum Gasteiger partial charge on any atom is -0.317 e. The molecular formula is C20H42N4. The molecule has 142 valence electrons. The Hall–Kier alpha value is -0.160. The largest absolute Gasteiger partial charge is 0.317 e. The van der Waals surface area contributed by atoms with E-state index in [4.69, 9.17) is 0 Å². The number of hydrogen-bond donors (Lipinski definition) is 3. The maximum atomic E-state index is 3.52. The predicted molar refractivity (Wildman–Crippen MR) is 105 cm³/mol. The van der Waals surface area contributed by atoms with E-state index >= 15 is 0 Å². The van der Waals surface area contributed by atoms with E-state index in [9.17, 15) is 0 Å². The molecule has 0 aromatic rings. The molecule has 2 spiro atoms. The summed E-state index contributed by atoms with van der Waals surface area (Å²) in [5.74, 6) is 0. The van der Waals surface area contributed by atoms with E-state index in [0.717, 1.165) is 0 Å². The average Bonchev–Trinajstić information content (AvgIpc) is 3.10. The molecule has 0 aliphatic carbocycles. The van der Waals surface area contributed by atoms with E-state index in [2.05, 4.69) is 27.9 Å². The van der Waals surface area contributed by atoms with Gasteiger partial charge in [0.2, 0.25) is 0 Å². The second kappa shape index (κ2) is 10.1. The van der Waals surface area contributed by atoms with Gasteiger partial charge in [-0.3, -0.25) is 0 Å². The quantitative estimate of drug-likeness (QED) is 0.634. The van der Waals surface area contributed by atoms with Crippen LogP contribution in [0.15, 0.2) is 0 Å². The van der Waals surface area contributed by atoms with E-state index < -0.39 is 0 Å². The molecule has 4 aliphatic rings. The van der Waals surface area contributed by atoms with Crippen LogP contribution in [0.5, 0.6) is 0 Å². The monoisotopic (exact) mass is 338 g/mol. The van der Waals surface area contributed by atoms with E-state index in [1.165, 1.54) is 97.3 Å². The van der Waals surface area contributed by atoms with Crippen LogP contribution in [0, 0.1) is 10.8 Å². The smallest absolute Gasteiger partial charge is 0.000924 e. The van der Waals surface area contributed by atoms with E-state index in [-0.39, 0.29) is 0 Å². The lowest BCUT2D eigenvalue weighted by Gasteiger charge is -2.41. The molecule has 0 saturated carbocycles. The van der Waals surface area contributed by atoms with Crippen molar-refractivity contribution in [3.05, 3.63) is 0 Å². The fourth-order valence-corrected chi connectivity index (χ4v) is 4.73. The lowest BCUT2D eigenvalue weighted by atomic mass is 9.73. The summed E-state index contributed by atoms with van der Waals surface area (Å²) < 4.78 is 0. The van der Waals surface area contributed by atoms with Gasteiger partial charge in [0.15, 0.2) is 0 Å². The molecule has 0 amide bonds. The molecule has 4 rings (SSSR count). The van der Waals surface area contributed by atoms with Crippen molar-refractivity contribution in [3.63, 3.8) is 0 Å². The third-order valence-corrected chi connectivity index (χ3v) is 6.60. The zero-order valence-corrected chi connectivity index (χ0v) is 16.6. The Kier molecular flexibility index (Phi) is 8.48. The summed E-state index contributed by atoms with van der Waals surface area (Å²) in [6.45, 7) is 14.1. The number of nitrogens with one attached hydrogen (secondary N) is 3. The van der Waals surface area contributed by atoms with Gasteiger partial charge in [0.1, 0.15) is 0 Å². The van der Waals surface area contributed by atoms with Gasteiger partial charge in [-0.25, -0.2) is 0 Å². The van der Waals surface area contributed by atoms with Crippen molar-refractivity contribution < 1.29 is 0 Å². The highest BCUT2D eigenvalue weighted by Gasteiger charge is 2.36. The Bertz CT molecular complexity index is 297. The van der Waals surface area contributed by atoms with Crippen molar-refractivity contribution in [2.75, 3.05) is 59.4 Å². The summed E-state index contributed by atoms with van der Waals surface area (Å²) >= 11 is 0. The highest BCUT2D eigenvalue weighted by Crippen LogP contribution is 2.36. The normalized spacial score (nSPS) is 28.6. The van der Waals surface area contributed by atoms with Crippen molar-refractivity contribution in [1.82, 2.24) is 20.9 Å². The van der Waals surface area contributed by atoms with E-state index in [1.807, 2.05) is 13.8 Å². The van der Waals surface area contributed by atoms with Crippen LogP contribution in [0.4, 0.5) is 0 Å². The molecule has 3 N–H and O–H groups in total. The van der Waals surface area contributed by atoms with Gasteiger partial charge in [0.25, 0.3) is 0 Å². The zero-order chi connectivity index (χ0) is 17.3. The van der Waals surface area contributed by atoms with Crippen molar-refractivity contribution in [2.45, 2.75) is 58.8 Å². The molecule has 0 atom stereocenters. The molecule has 4 aliphatic heterocycles. The third-order valence-electron chi connectivity index (χ3n) is 6.60. The Morgan fingerprint density at radius 3 is 1.62 bits per heavy atom. The maximum absolute atomic E-state index is 3.52. The van der Waals surface area contributed by atoms with Crippen LogP contribution in [0.2, 0.25) is 0 Å². The van der Waals surface area contributed by atoms with Gasteiger partial charge in [-0.1, -0.05) is 13.8 Å². The maximum Gasteiger partial charge on any atom is 0.000924 e. The van der Waals surface area contributed by atoms with Gasteiger partial charge in [-0.2, -0.15) is 0 Å². The van der Waals surface area contributed by atoms with Gasteiger partial charge in [0.05, 0.1) is 0 Å². The number of hydrogen-bond acceptors (Lipinski definition) is 4. The lowest BCUT2D eigenvalue weighted by Crippen LogP contribution is -2.46. The Balaban J connectivity index is 0.000000158. The van der Waals surface area contributed by atoms with Crippen LogP contribution in [-0.4, -0.2) is 64.3 Å². The summed E-state index contributed by atoms with van der Waals surface area (Å²) in [7, 11) is 2.23. The Morgan fingerprint density at radius 1 is 0.625 bits per heavy atom. The van der Waals surface area contributed by atoms with Gasteiger partial charge in [-0.05, 0) is 102 Å². The van der Waals surface area contributed by atoms with Crippen molar-refractivity contribution in [3.8, 4) is 0 Å². The molecule has 4 heterocycles. The van der Waals surface area contributed by atoms with Gasteiger partial charge in [-0.15, -0.1) is 0 Å². The fraction of sp³-hybridized carbons (Fsp3) is 1.00. The minimum atomic E-state index is 0.684. The summed E-state index contributed by atoms with van der Waals surface area (Å²) in [4.78, 5) is 2.45. The zero-order valence-electron chi connectivity index (χ0n) is 16.6. The van der Waals surface area contributed by atoms with Crippen LogP contribution >= 0.6 is 0 Å². The van der Waals surface area contributed by atoms with Crippen LogP contribution in [0.3, 0.4) is 0 Å². The highest BCUT2D eigenvalue weighted by atomic mass is 15.1. The summed E-state index contributed by atoms with van der Waals surface area (Å²) in [5.41, 5.74) is 1.38. The molecule has 0 aromatic carbocycles. The minimum absolute atomic E-state index is 0.684. The first-order valence-electron chi connectivity index (χ1n) is 10.5. The molecule has 4 nitrogen and oxygen atoms in total. The lowest BCUT2D eigenvalue weighted by molar-refractivity contribution is 0.140. The van der Waals surface area contributed by atoms with E-state index in [1.54, 1.807) is 0 Å². The second-order valence-electron chi connectivity index (χ2n) is 8.26. The fourth-order valence-electron chi connectivity index (χ4n) is 4.73. The number of likely N-dealkylation sites (tertiary alicyclic amines) is 1. The summed E-state index contributed by atoms with van der Waals surface area (Å²) in [5, 5.41) is 10.4. The summed E-state index contributed by atoms with van der Waals surface area (Å²) in [6, 6.07) is 0. The van der Waals surface area contributed by atoms with Gasteiger partial charge >= 0.3 is 0 Å². The van der Waals surface area contributed by atoms with Crippen LogP contribution in [0.1, 0.15) is 58.8 Å². The number of rotatable bonds is 0. The Labute approximate surface area is 150 Å². The SMILES string of the molecule is C1CNCC2(C1)CCNCC2.CC.CN1CCC2(CCNC2)CC1. The molecule has 0 radical (unpaired) electrons. The first-order valence-corrected chi connectivity index (χ1v) is 10.5. The third kappa shape index (κ3) is 5.69. The average molecular weight is 339 g/mol. The molecule has 0 bridgehead atoms. The van der Waals surface area contributed by atoms with Crippen molar-refractivity contribution in [2.24, 2.45) is 10.8 Å². The van der Waals surface area contributed by atoms with Gasteiger partial charge in [0, 0.05) is 13.1 Å². The van der Waals surface area contributed by atoms with Crippen molar-refractivity contribution in [1.29, 1.82) is 0 Å². The molecule has 0 aromatic heterocycles. The number of piperidine rings is 3. The second-order valence-corrected chi connectivity index (χ2v) is 8.26. The molecule has 4 saturated heterocycles. The first-order chi connectivity index (χ1) is 11.7. The summed E-state index contributed by atoms with van der Waals surface area (Å²) in [6.07, 6.45) is 9.87. The standard InChI is InChI=1S/2C9H18N2.C2H6/c1-11-6-3-9(4-7-11)2-5-10-8-9;1-2-9(8-11-5-1)3-6-10-7-4-9;1-2/h10H,2-8H2,1H3;10-11H,1-8H2;1-2H3. The van der Waals surface area contributed by atoms with E-state index in [0.29, 0.717) is 10.8 Å². The van der Waals surface area contributed by atoms with Gasteiger partial charge < -0.3 is 20.9 Å². The highest BCUT2D eigenvalue weighted by molar-refractivity contribution is 4.91.